The van der Waals surface area contributed by atoms with Gasteiger partial charge in [-0.1, -0.05) is 30.3 Å². The summed E-state index contributed by atoms with van der Waals surface area (Å²) in [5.74, 6) is -1.39. The van der Waals surface area contributed by atoms with E-state index in [9.17, 15) is 14.7 Å². The molecule has 0 bridgehead atoms. The number of hydrogen-bond donors (Lipinski definition) is 4. The minimum absolute atomic E-state index is 0.133. The fraction of sp³-hybridized carbons (Fsp3) is 0.263. The lowest BCUT2D eigenvalue weighted by atomic mass is 10.1. The number of amides is 2. The largest absolute Gasteiger partial charge is 0.508 e. The van der Waals surface area contributed by atoms with Gasteiger partial charge in [-0.3, -0.25) is 0 Å². The number of rotatable bonds is 8. The molecule has 7 nitrogen and oxygen atoms in total. The Morgan fingerprint density at radius 2 is 1.85 bits per heavy atom. The molecule has 2 rings (SSSR count). The summed E-state index contributed by atoms with van der Waals surface area (Å²) in [7, 11) is 2.02. The number of phenols is 1. The van der Waals surface area contributed by atoms with E-state index < -0.39 is 12.0 Å². The van der Waals surface area contributed by atoms with Gasteiger partial charge in [-0.25, -0.2) is 9.59 Å². The number of nitrogens with zero attached hydrogens (tertiary/aromatic N) is 1. The van der Waals surface area contributed by atoms with E-state index >= 15 is 0 Å². The van der Waals surface area contributed by atoms with Gasteiger partial charge in [0.1, 0.15) is 5.75 Å². The van der Waals surface area contributed by atoms with E-state index in [0.29, 0.717) is 6.54 Å². The van der Waals surface area contributed by atoms with Gasteiger partial charge in [0.05, 0.1) is 11.3 Å². The van der Waals surface area contributed by atoms with Crippen LogP contribution in [0.2, 0.25) is 0 Å². The Bertz CT molecular complexity index is 750. The normalized spacial score (nSPS) is 10.5. The molecule has 0 aliphatic rings. The zero-order valence-corrected chi connectivity index (χ0v) is 14.6. The highest BCUT2D eigenvalue weighted by Crippen LogP contribution is 2.21. The smallest absolute Gasteiger partial charge is 0.337 e. The van der Waals surface area contributed by atoms with Gasteiger partial charge in [0.2, 0.25) is 0 Å². The van der Waals surface area contributed by atoms with Crippen LogP contribution < -0.4 is 10.6 Å². The molecule has 2 aromatic rings. The van der Waals surface area contributed by atoms with Crippen LogP contribution in [-0.2, 0) is 6.54 Å². The van der Waals surface area contributed by atoms with Gasteiger partial charge in [0.15, 0.2) is 0 Å². The van der Waals surface area contributed by atoms with E-state index in [0.717, 1.165) is 25.6 Å². The van der Waals surface area contributed by atoms with Crippen LogP contribution in [0.4, 0.5) is 10.5 Å². The number of carboxylic acids is 1. The monoisotopic (exact) mass is 357 g/mol. The SMILES string of the molecule is CN(CCCNC(=O)Nc1ccc(O)cc1C(=O)O)Cc1ccccc1. The average molecular weight is 357 g/mol. The molecule has 26 heavy (non-hydrogen) atoms. The third-order valence-electron chi connectivity index (χ3n) is 3.78. The molecule has 0 heterocycles. The number of hydrogen-bond acceptors (Lipinski definition) is 4. The van der Waals surface area contributed by atoms with E-state index in [4.69, 9.17) is 5.11 Å². The number of aromatic carboxylic acids is 1. The molecule has 2 aromatic carbocycles. The van der Waals surface area contributed by atoms with Gasteiger partial charge < -0.3 is 25.7 Å². The molecule has 7 heteroatoms. The number of benzene rings is 2. The summed E-state index contributed by atoms with van der Waals surface area (Å²) in [5.41, 5.74) is 1.20. The van der Waals surface area contributed by atoms with Crippen molar-refractivity contribution in [1.29, 1.82) is 0 Å². The zero-order chi connectivity index (χ0) is 18.9. The molecule has 0 saturated carbocycles. The number of carbonyl (C=O) groups is 2. The van der Waals surface area contributed by atoms with E-state index in [1.807, 2.05) is 25.2 Å². The van der Waals surface area contributed by atoms with E-state index in [1.165, 1.54) is 17.7 Å². The minimum Gasteiger partial charge on any atom is -0.508 e. The fourth-order valence-electron chi connectivity index (χ4n) is 2.51. The maximum Gasteiger partial charge on any atom is 0.337 e. The van der Waals surface area contributed by atoms with Gasteiger partial charge in [0.25, 0.3) is 0 Å². The van der Waals surface area contributed by atoms with Crippen LogP contribution in [0, 0.1) is 0 Å². The first-order valence-corrected chi connectivity index (χ1v) is 8.29. The van der Waals surface area contributed by atoms with Gasteiger partial charge in [-0.15, -0.1) is 0 Å². The van der Waals surface area contributed by atoms with Crippen LogP contribution in [0.5, 0.6) is 5.75 Å². The second-order valence-electron chi connectivity index (χ2n) is 5.99. The highest BCUT2D eigenvalue weighted by Gasteiger charge is 2.13. The number of nitrogens with one attached hydrogen (secondary N) is 2. The number of carboxylic acid groups (broad SMARTS) is 1. The van der Waals surface area contributed by atoms with Crippen molar-refractivity contribution in [2.45, 2.75) is 13.0 Å². The molecule has 2 amide bonds. The van der Waals surface area contributed by atoms with Gasteiger partial charge in [-0.2, -0.15) is 0 Å². The van der Waals surface area contributed by atoms with Crippen molar-refractivity contribution in [3.8, 4) is 5.75 Å². The summed E-state index contributed by atoms with van der Waals surface area (Å²) in [6, 6.07) is 13.4. The highest BCUT2D eigenvalue weighted by molar-refractivity contribution is 6.00. The molecular weight excluding hydrogens is 334 g/mol. The second-order valence-corrected chi connectivity index (χ2v) is 5.99. The Balaban J connectivity index is 1.73. The summed E-state index contributed by atoms with van der Waals surface area (Å²) < 4.78 is 0. The average Bonchev–Trinajstić information content (AvgIpc) is 2.61. The number of anilines is 1. The van der Waals surface area contributed by atoms with Crippen molar-refractivity contribution >= 4 is 17.7 Å². The lowest BCUT2D eigenvalue weighted by Gasteiger charge is -2.17. The summed E-state index contributed by atoms with van der Waals surface area (Å²) in [6.07, 6.45) is 0.762. The Morgan fingerprint density at radius 3 is 2.54 bits per heavy atom. The quantitative estimate of drug-likeness (QED) is 0.430. The Kier molecular flexibility index (Phi) is 6.99. The number of carbonyl (C=O) groups excluding carboxylic acids is 1. The highest BCUT2D eigenvalue weighted by atomic mass is 16.4. The number of aromatic hydroxyl groups is 1. The number of urea groups is 1. The molecule has 0 radical (unpaired) electrons. The first-order chi connectivity index (χ1) is 12.5. The number of phenolic OH excluding ortho intramolecular Hbond substituents is 1. The van der Waals surface area contributed by atoms with Crippen LogP contribution >= 0.6 is 0 Å². The van der Waals surface area contributed by atoms with Crippen molar-refractivity contribution in [2.75, 3.05) is 25.5 Å². The van der Waals surface area contributed by atoms with Crippen LogP contribution in [0.3, 0.4) is 0 Å². The molecular formula is C19H23N3O4. The molecule has 0 spiro atoms. The molecule has 0 atom stereocenters. The van der Waals surface area contributed by atoms with E-state index in [2.05, 4.69) is 27.7 Å². The third-order valence-corrected chi connectivity index (χ3v) is 3.78. The summed E-state index contributed by atoms with van der Waals surface area (Å²) in [5, 5.41) is 23.7. The van der Waals surface area contributed by atoms with Crippen molar-refractivity contribution < 1.29 is 19.8 Å². The Labute approximate surface area is 152 Å². The molecule has 0 fully saturated rings. The predicted molar refractivity (Wildman–Crippen MR) is 99.5 cm³/mol. The van der Waals surface area contributed by atoms with Gasteiger partial charge in [0, 0.05) is 13.1 Å². The van der Waals surface area contributed by atoms with Crippen molar-refractivity contribution in [1.82, 2.24) is 10.2 Å². The lowest BCUT2D eigenvalue weighted by molar-refractivity contribution is 0.0697. The van der Waals surface area contributed by atoms with E-state index in [1.54, 1.807) is 0 Å². The Hall–Kier alpha value is -3.06. The van der Waals surface area contributed by atoms with Gasteiger partial charge >= 0.3 is 12.0 Å². The molecule has 4 N–H and O–H groups in total. The first kappa shape index (κ1) is 19.3. The molecule has 0 aromatic heterocycles. The maximum atomic E-state index is 11.9. The van der Waals surface area contributed by atoms with E-state index in [-0.39, 0.29) is 17.0 Å². The fourth-order valence-corrected chi connectivity index (χ4v) is 2.51. The summed E-state index contributed by atoms with van der Waals surface area (Å²) in [6.45, 7) is 2.11. The third kappa shape index (κ3) is 6.10. The predicted octanol–water partition coefficient (Wildman–Crippen LogP) is 2.73. The van der Waals surface area contributed by atoms with Crippen molar-refractivity contribution in [3.63, 3.8) is 0 Å². The lowest BCUT2D eigenvalue weighted by Crippen LogP contribution is -2.32. The van der Waals surface area contributed by atoms with Crippen LogP contribution in [0.25, 0.3) is 0 Å². The summed E-state index contributed by atoms with van der Waals surface area (Å²) >= 11 is 0. The minimum atomic E-state index is -1.22. The standard InChI is InChI=1S/C19H23N3O4/c1-22(13-14-6-3-2-4-7-14)11-5-10-20-19(26)21-17-9-8-15(23)12-16(17)18(24)25/h2-4,6-9,12,23H,5,10-11,13H2,1H3,(H,24,25)(H2,20,21,26). The Morgan fingerprint density at radius 1 is 1.12 bits per heavy atom. The van der Waals surface area contributed by atoms with Gasteiger partial charge in [-0.05, 0) is 43.8 Å². The molecule has 0 unspecified atom stereocenters. The van der Waals surface area contributed by atoms with Crippen LogP contribution in [-0.4, -0.2) is 47.3 Å². The first-order valence-electron chi connectivity index (χ1n) is 8.29. The topological polar surface area (TPSA) is 102 Å². The van der Waals surface area contributed by atoms with Crippen molar-refractivity contribution in [2.24, 2.45) is 0 Å². The van der Waals surface area contributed by atoms with Crippen LogP contribution in [0.15, 0.2) is 48.5 Å². The summed E-state index contributed by atoms with van der Waals surface area (Å²) in [4.78, 5) is 25.2. The second kappa shape index (κ2) is 9.43. The van der Waals surface area contributed by atoms with Crippen LogP contribution in [0.1, 0.15) is 22.3 Å². The molecule has 0 saturated heterocycles. The molecule has 138 valence electrons. The maximum absolute atomic E-state index is 11.9. The molecule has 0 aliphatic carbocycles. The zero-order valence-electron chi connectivity index (χ0n) is 14.6. The molecule has 0 aliphatic heterocycles. The van der Waals surface area contributed by atoms with Crippen molar-refractivity contribution in [3.05, 3.63) is 59.7 Å².